The molecule has 14 heavy (non-hydrogen) atoms. The molecule has 0 fully saturated rings. The molecule has 0 aliphatic rings. The van der Waals surface area contributed by atoms with Gasteiger partial charge in [0.2, 0.25) is 0 Å². The smallest absolute Gasteiger partial charge is 0.0478 e. The Kier molecular flexibility index (Phi) is 10.9. The highest BCUT2D eigenvalue weighted by Crippen LogP contribution is 1.97. The molecule has 0 aromatic heterocycles. The van der Waals surface area contributed by atoms with Gasteiger partial charge in [-0.3, -0.25) is 0 Å². The number of unbranched alkanes of at least 4 members (excludes halogenated alkanes) is 2. The van der Waals surface area contributed by atoms with E-state index >= 15 is 0 Å². The third-order valence-corrected chi connectivity index (χ3v) is 2.23. The highest BCUT2D eigenvalue weighted by molar-refractivity contribution is 4.52. The maximum absolute atomic E-state index is 8.60. The van der Waals surface area contributed by atoms with Gasteiger partial charge in [-0.2, -0.15) is 0 Å². The zero-order valence-electron chi connectivity index (χ0n) is 9.67. The van der Waals surface area contributed by atoms with E-state index in [0.717, 1.165) is 45.6 Å². The van der Waals surface area contributed by atoms with Crippen molar-refractivity contribution in [1.29, 1.82) is 0 Å². The SMILES string of the molecule is CCOCCCN(C)CCCCCO. The van der Waals surface area contributed by atoms with Crippen molar-refractivity contribution in [2.24, 2.45) is 0 Å². The molecule has 0 amide bonds. The van der Waals surface area contributed by atoms with Gasteiger partial charge in [-0.1, -0.05) is 0 Å². The first-order valence-electron chi connectivity index (χ1n) is 5.68. The highest BCUT2D eigenvalue weighted by Gasteiger charge is 1.97. The molecule has 0 aliphatic carbocycles. The first kappa shape index (κ1) is 13.9. The molecule has 3 nitrogen and oxygen atoms in total. The van der Waals surface area contributed by atoms with E-state index in [0.29, 0.717) is 6.61 Å². The molecular weight excluding hydrogens is 178 g/mol. The Bertz CT molecular complexity index is 97.5. The van der Waals surface area contributed by atoms with Crippen LogP contribution in [0.3, 0.4) is 0 Å². The van der Waals surface area contributed by atoms with E-state index in [4.69, 9.17) is 9.84 Å². The van der Waals surface area contributed by atoms with Crippen LogP contribution in [-0.2, 0) is 4.74 Å². The second-order valence-electron chi connectivity index (χ2n) is 3.64. The van der Waals surface area contributed by atoms with Crippen molar-refractivity contribution in [3.05, 3.63) is 0 Å². The highest BCUT2D eigenvalue weighted by atomic mass is 16.5. The predicted molar refractivity (Wildman–Crippen MR) is 59.5 cm³/mol. The van der Waals surface area contributed by atoms with Crippen LogP contribution in [0.1, 0.15) is 32.6 Å². The van der Waals surface area contributed by atoms with Crippen molar-refractivity contribution in [3.63, 3.8) is 0 Å². The number of aliphatic hydroxyl groups excluding tert-OH is 1. The van der Waals surface area contributed by atoms with Gasteiger partial charge in [0.05, 0.1) is 0 Å². The average molecular weight is 203 g/mol. The summed E-state index contributed by atoms with van der Waals surface area (Å²) in [5, 5.41) is 8.60. The van der Waals surface area contributed by atoms with Crippen LogP contribution < -0.4 is 0 Å². The molecule has 3 heteroatoms. The fourth-order valence-corrected chi connectivity index (χ4v) is 1.36. The van der Waals surface area contributed by atoms with Gasteiger partial charge in [-0.05, 0) is 46.2 Å². The monoisotopic (exact) mass is 203 g/mol. The molecule has 0 rings (SSSR count). The van der Waals surface area contributed by atoms with Crippen LogP contribution in [0.5, 0.6) is 0 Å². The summed E-state index contributed by atoms with van der Waals surface area (Å²) in [4.78, 5) is 2.33. The van der Waals surface area contributed by atoms with Gasteiger partial charge in [-0.25, -0.2) is 0 Å². The van der Waals surface area contributed by atoms with E-state index in [1.807, 2.05) is 6.92 Å². The zero-order valence-corrected chi connectivity index (χ0v) is 9.67. The lowest BCUT2D eigenvalue weighted by Crippen LogP contribution is -2.22. The Labute approximate surface area is 88.1 Å². The predicted octanol–water partition coefficient (Wildman–Crippen LogP) is 1.51. The van der Waals surface area contributed by atoms with Crippen molar-refractivity contribution >= 4 is 0 Å². The van der Waals surface area contributed by atoms with Crippen molar-refractivity contribution in [3.8, 4) is 0 Å². The summed E-state index contributed by atoms with van der Waals surface area (Å²) in [6, 6.07) is 0. The Balaban J connectivity index is 3.07. The molecule has 0 unspecified atom stereocenters. The molecular formula is C11H25NO2. The summed E-state index contributed by atoms with van der Waals surface area (Å²) in [5.74, 6) is 0. The molecule has 0 radical (unpaired) electrons. The molecule has 0 aliphatic heterocycles. The minimum atomic E-state index is 0.327. The van der Waals surface area contributed by atoms with Gasteiger partial charge in [0.25, 0.3) is 0 Å². The zero-order chi connectivity index (χ0) is 10.6. The molecule has 0 bridgehead atoms. The van der Waals surface area contributed by atoms with E-state index in [-0.39, 0.29) is 0 Å². The van der Waals surface area contributed by atoms with Crippen molar-refractivity contribution in [1.82, 2.24) is 4.90 Å². The second kappa shape index (κ2) is 11.0. The van der Waals surface area contributed by atoms with Crippen molar-refractivity contribution < 1.29 is 9.84 Å². The van der Waals surface area contributed by atoms with Crippen molar-refractivity contribution in [2.75, 3.05) is 40.0 Å². The number of aliphatic hydroxyl groups is 1. The molecule has 1 N–H and O–H groups in total. The number of hydrogen-bond donors (Lipinski definition) is 1. The molecule has 0 atom stereocenters. The van der Waals surface area contributed by atoms with E-state index in [9.17, 15) is 0 Å². The summed E-state index contributed by atoms with van der Waals surface area (Å²) >= 11 is 0. The molecule has 86 valence electrons. The van der Waals surface area contributed by atoms with Gasteiger partial charge in [0.15, 0.2) is 0 Å². The van der Waals surface area contributed by atoms with Crippen LogP contribution in [-0.4, -0.2) is 50.0 Å². The van der Waals surface area contributed by atoms with Crippen LogP contribution in [0.25, 0.3) is 0 Å². The van der Waals surface area contributed by atoms with E-state index < -0.39 is 0 Å². The molecule has 0 aromatic carbocycles. The standard InChI is InChI=1S/C11H25NO2/c1-3-14-11-7-9-12(2)8-5-4-6-10-13/h13H,3-11H2,1-2H3. The third-order valence-electron chi connectivity index (χ3n) is 2.23. The summed E-state index contributed by atoms with van der Waals surface area (Å²) in [6.45, 7) is 6.29. The second-order valence-corrected chi connectivity index (χ2v) is 3.64. The van der Waals surface area contributed by atoms with Crippen LogP contribution >= 0.6 is 0 Å². The van der Waals surface area contributed by atoms with Gasteiger partial charge < -0.3 is 14.7 Å². The topological polar surface area (TPSA) is 32.7 Å². The summed E-state index contributed by atoms with van der Waals surface area (Å²) in [5.41, 5.74) is 0. The maximum atomic E-state index is 8.60. The molecule has 0 aromatic rings. The van der Waals surface area contributed by atoms with Crippen LogP contribution in [0.4, 0.5) is 0 Å². The largest absolute Gasteiger partial charge is 0.396 e. The van der Waals surface area contributed by atoms with Crippen molar-refractivity contribution in [2.45, 2.75) is 32.6 Å². The Morgan fingerprint density at radius 2 is 1.79 bits per heavy atom. The Morgan fingerprint density at radius 1 is 1.07 bits per heavy atom. The van der Waals surface area contributed by atoms with Gasteiger partial charge in [0, 0.05) is 26.4 Å². The van der Waals surface area contributed by atoms with Crippen LogP contribution in [0, 0.1) is 0 Å². The number of hydrogen-bond acceptors (Lipinski definition) is 3. The van der Waals surface area contributed by atoms with Crippen LogP contribution in [0.15, 0.2) is 0 Å². The van der Waals surface area contributed by atoms with Gasteiger partial charge >= 0.3 is 0 Å². The lowest BCUT2D eigenvalue weighted by atomic mass is 10.2. The maximum Gasteiger partial charge on any atom is 0.0478 e. The van der Waals surface area contributed by atoms with E-state index in [2.05, 4.69) is 11.9 Å². The quantitative estimate of drug-likeness (QED) is 0.546. The Morgan fingerprint density at radius 3 is 2.43 bits per heavy atom. The minimum absolute atomic E-state index is 0.327. The number of nitrogens with zero attached hydrogens (tertiary/aromatic N) is 1. The first-order chi connectivity index (χ1) is 6.81. The Hall–Kier alpha value is -0.120. The van der Waals surface area contributed by atoms with E-state index in [1.54, 1.807) is 0 Å². The van der Waals surface area contributed by atoms with E-state index in [1.165, 1.54) is 6.42 Å². The number of ether oxygens (including phenoxy) is 1. The summed E-state index contributed by atoms with van der Waals surface area (Å²) in [7, 11) is 2.14. The average Bonchev–Trinajstić information content (AvgIpc) is 2.19. The fourth-order valence-electron chi connectivity index (χ4n) is 1.36. The molecule has 0 saturated carbocycles. The van der Waals surface area contributed by atoms with Gasteiger partial charge in [0.1, 0.15) is 0 Å². The lowest BCUT2D eigenvalue weighted by molar-refractivity contribution is 0.135. The van der Waals surface area contributed by atoms with Crippen LogP contribution in [0.2, 0.25) is 0 Å². The molecule has 0 spiro atoms. The molecule has 0 heterocycles. The molecule has 0 saturated heterocycles. The summed E-state index contributed by atoms with van der Waals surface area (Å²) in [6.07, 6.45) is 4.37. The van der Waals surface area contributed by atoms with Gasteiger partial charge in [-0.15, -0.1) is 0 Å². The third kappa shape index (κ3) is 9.96. The number of rotatable bonds is 10. The minimum Gasteiger partial charge on any atom is -0.396 e. The first-order valence-corrected chi connectivity index (χ1v) is 5.68. The summed E-state index contributed by atoms with van der Waals surface area (Å²) < 4.78 is 5.27. The lowest BCUT2D eigenvalue weighted by Gasteiger charge is -2.15. The fraction of sp³-hybridized carbons (Fsp3) is 1.00. The normalized spacial score (nSPS) is 11.1.